The van der Waals surface area contributed by atoms with E-state index in [9.17, 15) is 0 Å². The maximum atomic E-state index is 3.37. The van der Waals surface area contributed by atoms with Gasteiger partial charge < -0.3 is 14.8 Å². The lowest BCUT2D eigenvalue weighted by Gasteiger charge is -2.36. The van der Waals surface area contributed by atoms with Gasteiger partial charge in [-0.3, -0.25) is 4.90 Å². The monoisotopic (exact) mass is 452 g/mol. The first-order chi connectivity index (χ1) is 16.0. The summed E-state index contributed by atoms with van der Waals surface area (Å²) < 4.78 is 2.44. The Morgan fingerprint density at radius 1 is 1.06 bits per heavy atom. The molecule has 0 amide bonds. The van der Waals surface area contributed by atoms with Crippen LogP contribution in [0.15, 0.2) is 43.2 Å². The molecule has 1 aromatic heterocycles. The molecule has 0 bridgehead atoms. The Bertz CT molecular complexity index is 918. The zero-order valence-corrected chi connectivity index (χ0v) is 22.3. The zero-order valence-electron chi connectivity index (χ0n) is 22.3. The molecule has 2 aromatic rings. The van der Waals surface area contributed by atoms with Crippen molar-refractivity contribution >= 4 is 17.8 Å². The number of rotatable bonds is 7. The zero-order chi connectivity index (χ0) is 24.6. The average molecular weight is 453 g/mol. The van der Waals surface area contributed by atoms with Gasteiger partial charge in [0.05, 0.1) is 0 Å². The fourth-order valence-corrected chi connectivity index (χ4v) is 4.22. The van der Waals surface area contributed by atoms with Gasteiger partial charge in [-0.05, 0) is 74.8 Å². The van der Waals surface area contributed by atoms with Crippen molar-refractivity contribution in [3.05, 3.63) is 64.9 Å². The maximum Gasteiger partial charge on any atom is 0.0436 e. The number of aromatic nitrogens is 1. The highest BCUT2D eigenvalue weighted by atomic mass is 15.3. The number of hydrogen-bond donors (Lipinski definition) is 1. The quantitative estimate of drug-likeness (QED) is 0.660. The van der Waals surface area contributed by atoms with Crippen molar-refractivity contribution < 1.29 is 0 Å². The molecule has 1 saturated heterocycles. The summed E-state index contributed by atoms with van der Waals surface area (Å²) >= 11 is 0. The van der Waals surface area contributed by atoms with Gasteiger partial charge in [-0.25, -0.2) is 0 Å². The molecule has 1 aromatic carbocycles. The van der Waals surface area contributed by atoms with Gasteiger partial charge in [0.25, 0.3) is 0 Å². The molecular formula is C29H48N4. The molecule has 2 heterocycles. The van der Waals surface area contributed by atoms with E-state index in [0.717, 1.165) is 26.1 Å². The van der Waals surface area contributed by atoms with Crippen LogP contribution >= 0.6 is 0 Å². The van der Waals surface area contributed by atoms with Crippen LogP contribution in [0.3, 0.4) is 0 Å². The number of piperazine rings is 1. The van der Waals surface area contributed by atoms with Gasteiger partial charge in [-0.2, -0.15) is 0 Å². The first-order valence-electron chi connectivity index (χ1n) is 12.7. The van der Waals surface area contributed by atoms with Crippen LogP contribution < -0.4 is 20.8 Å². The Labute approximate surface area is 203 Å². The first-order valence-corrected chi connectivity index (χ1v) is 12.7. The topological polar surface area (TPSA) is 23.4 Å². The van der Waals surface area contributed by atoms with Crippen LogP contribution in [-0.2, 0) is 6.54 Å². The highest BCUT2D eigenvalue weighted by molar-refractivity contribution is 5.48. The van der Waals surface area contributed by atoms with Gasteiger partial charge in [-0.1, -0.05) is 51.6 Å². The second kappa shape index (κ2) is 16.2. The van der Waals surface area contributed by atoms with Crippen molar-refractivity contribution in [1.29, 1.82) is 0 Å². The van der Waals surface area contributed by atoms with Crippen LogP contribution in [0.25, 0.3) is 12.2 Å². The molecule has 0 atom stereocenters. The molecule has 0 spiro atoms. The number of anilines is 1. The summed E-state index contributed by atoms with van der Waals surface area (Å²) in [5.74, 6) is 0. The molecule has 0 saturated carbocycles. The van der Waals surface area contributed by atoms with Gasteiger partial charge in [-0.15, -0.1) is 0 Å². The number of hydrogen-bond acceptors (Lipinski definition) is 3. The van der Waals surface area contributed by atoms with Gasteiger partial charge in [0.1, 0.15) is 0 Å². The third-order valence-corrected chi connectivity index (χ3v) is 5.86. The second-order valence-corrected chi connectivity index (χ2v) is 8.22. The molecule has 33 heavy (non-hydrogen) atoms. The van der Waals surface area contributed by atoms with Crippen molar-refractivity contribution in [3.63, 3.8) is 0 Å². The SMILES string of the molecule is C/C=c1\c(=C/CC)c(C)cn1CCCN1CCN(c2cccc(C)c2)CC1.C=CNC.CC. The number of benzene rings is 1. The lowest BCUT2D eigenvalue weighted by atomic mass is 10.2. The van der Waals surface area contributed by atoms with Crippen LogP contribution in [0.4, 0.5) is 5.69 Å². The van der Waals surface area contributed by atoms with E-state index in [4.69, 9.17) is 0 Å². The van der Waals surface area contributed by atoms with Gasteiger partial charge in [0.2, 0.25) is 0 Å². The van der Waals surface area contributed by atoms with Crippen molar-refractivity contribution in [2.45, 2.75) is 60.9 Å². The lowest BCUT2D eigenvalue weighted by molar-refractivity contribution is 0.250. The Kier molecular flexibility index (Phi) is 14.0. The summed E-state index contributed by atoms with van der Waals surface area (Å²) in [5, 5.41) is 5.50. The summed E-state index contributed by atoms with van der Waals surface area (Å²) in [4.78, 5) is 5.15. The Morgan fingerprint density at radius 3 is 2.27 bits per heavy atom. The minimum atomic E-state index is 1.09. The molecule has 1 aliphatic rings. The third kappa shape index (κ3) is 9.13. The summed E-state index contributed by atoms with van der Waals surface area (Å²) in [7, 11) is 1.81. The predicted molar refractivity (Wildman–Crippen MR) is 148 cm³/mol. The van der Waals surface area contributed by atoms with Crippen molar-refractivity contribution in [3.8, 4) is 0 Å². The Morgan fingerprint density at radius 2 is 1.73 bits per heavy atom. The molecule has 0 unspecified atom stereocenters. The van der Waals surface area contributed by atoms with E-state index in [1.807, 2.05) is 20.9 Å². The molecule has 184 valence electrons. The highest BCUT2D eigenvalue weighted by Crippen LogP contribution is 2.17. The number of aryl methyl sites for hydroxylation is 3. The lowest BCUT2D eigenvalue weighted by Crippen LogP contribution is -2.46. The molecule has 4 heteroatoms. The summed E-state index contributed by atoms with van der Waals surface area (Å²) in [6.45, 7) is 23.0. The van der Waals surface area contributed by atoms with Crippen LogP contribution in [0.2, 0.25) is 0 Å². The smallest absolute Gasteiger partial charge is 0.0436 e. The number of nitrogens with zero attached hydrogens (tertiary/aromatic N) is 3. The van der Waals surface area contributed by atoms with Crippen molar-refractivity contribution in [1.82, 2.24) is 14.8 Å². The highest BCUT2D eigenvalue weighted by Gasteiger charge is 2.16. The van der Waals surface area contributed by atoms with Gasteiger partial charge in [0.15, 0.2) is 0 Å². The standard InChI is InChI=1S/C24H35N3.C3H7N.C2H6/c1-5-9-23-21(4)19-27(24(23)6-2)13-8-12-25-14-16-26(17-15-25)22-11-7-10-20(3)18-22;1-3-4-2;1-2/h6-7,9-11,18-19H,5,8,12-17H2,1-4H3;3-4H,1H2,2H3;1-2H3/b23-9-,24-6+;;. The Balaban J connectivity index is 0.000000820. The maximum absolute atomic E-state index is 3.37. The molecule has 1 aliphatic heterocycles. The largest absolute Gasteiger partial charge is 0.394 e. The normalized spacial score (nSPS) is 14.8. The minimum Gasteiger partial charge on any atom is -0.394 e. The van der Waals surface area contributed by atoms with Gasteiger partial charge >= 0.3 is 0 Å². The van der Waals surface area contributed by atoms with E-state index in [2.05, 4.69) is 96.6 Å². The Hall–Kier alpha value is -2.46. The van der Waals surface area contributed by atoms with Crippen LogP contribution in [0.1, 0.15) is 51.7 Å². The molecule has 1 N–H and O–H groups in total. The van der Waals surface area contributed by atoms with Crippen molar-refractivity contribution in [2.24, 2.45) is 0 Å². The number of nitrogens with one attached hydrogen (secondary N) is 1. The molecule has 4 nitrogen and oxygen atoms in total. The fraction of sp³-hybridized carbons (Fsp3) is 0.517. The average Bonchev–Trinajstić information content (AvgIpc) is 3.15. The summed E-state index contributed by atoms with van der Waals surface area (Å²) in [6, 6.07) is 8.89. The molecular weight excluding hydrogens is 404 g/mol. The fourth-order valence-electron chi connectivity index (χ4n) is 4.22. The van der Waals surface area contributed by atoms with Crippen LogP contribution in [-0.4, -0.2) is 49.2 Å². The molecule has 1 fully saturated rings. The van der Waals surface area contributed by atoms with E-state index in [0.29, 0.717) is 0 Å². The van der Waals surface area contributed by atoms with Crippen LogP contribution in [0, 0.1) is 13.8 Å². The van der Waals surface area contributed by atoms with E-state index in [1.165, 1.54) is 53.4 Å². The predicted octanol–water partition coefficient (Wildman–Crippen LogP) is 4.68. The van der Waals surface area contributed by atoms with E-state index < -0.39 is 0 Å². The van der Waals surface area contributed by atoms with E-state index >= 15 is 0 Å². The summed E-state index contributed by atoms with van der Waals surface area (Å²) in [6.07, 6.45) is 10.9. The van der Waals surface area contributed by atoms with Crippen molar-refractivity contribution in [2.75, 3.05) is 44.7 Å². The molecule has 0 aliphatic carbocycles. The van der Waals surface area contributed by atoms with Gasteiger partial charge in [0, 0.05) is 57.0 Å². The second-order valence-electron chi connectivity index (χ2n) is 8.22. The van der Waals surface area contributed by atoms with Crippen LogP contribution in [0.5, 0.6) is 0 Å². The molecule has 3 rings (SSSR count). The summed E-state index contributed by atoms with van der Waals surface area (Å²) in [5.41, 5.74) is 4.12. The van der Waals surface area contributed by atoms with E-state index in [1.54, 1.807) is 6.20 Å². The molecule has 0 radical (unpaired) electrons. The first kappa shape index (κ1) is 28.6. The minimum absolute atomic E-state index is 1.09. The third-order valence-electron chi connectivity index (χ3n) is 5.86. The van der Waals surface area contributed by atoms with E-state index in [-0.39, 0.29) is 0 Å².